The van der Waals surface area contributed by atoms with Crippen molar-refractivity contribution in [2.45, 2.75) is 32.7 Å². The van der Waals surface area contributed by atoms with Gasteiger partial charge in [-0.15, -0.1) is 0 Å². The van der Waals surface area contributed by atoms with Crippen molar-refractivity contribution in [3.63, 3.8) is 0 Å². The van der Waals surface area contributed by atoms with Crippen LogP contribution in [-0.2, 0) is 0 Å². The number of aromatic nitrogens is 2. The molecule has 2 aromatic heterocycles. The van der Waals surface area contributed by atoms with Crippen LogP contribution in [0.25, 0.3) is 11.3 Å². The van der Waals surface area contributed by atoms with Gasteiger partial charge in [-0.25, -0.2) is 0 Å². The number of hydrogen-bond donors (Lipinski definition) is 1. The average molecular weight is 314 g/mol. The minimum Gasteiger partial charge on any atom is -0.493 e. The van der Waals surface area contributed by atoms with Gasteiger partial charge in [0.1, 0.15) is 6.61 Å². The third-order valence-corrected chi connectivity index (χ3v) is 3.40. The van der Waals surface area contributed by atoms with Crippen molar-refractivity contribution in [2.24, 2.45) is 11.7 Å². The Bertz CT molecular complexity index is 627. The topological polar surface area (TPSA) is 70.3 Å². The second-order valence-corrected chi connectivity index (χ2v) is 6.43. The molecule has 5 heteroatoms. The zero-order chi connectivity index (χ0) is 16.9. The van der Waals surface area contributed by atoms with Gasteiger partial charge in [0.2, 0.25) is 0 Å². The zero-order valence-corrected chi connectivity index (χ0v) is 14.2. The Labute approximate surface area is 137 Å². The van der Waals surface area contributed by atoms with Crippen LogP contribution in [0.5, 0.6) is 11.5 Å². The predicted octanol–water partition coefficient (Wildman–Crippen LogP) is 3.09. The molecule has 1 unspecified atom stereocenters. The van der Waals surface area contributed by atoms with E-state index in [1.54, 1.807) is 25.6 Å². The molecule has 0 bridgehead atoms. The molecule has 23 heavy (non-hydrogen) atoms. The van der Waals surface area contributed by atoms with Crippen molar-refractivity contribution < 1.29 is 9.47 Å². The third-order valence-electron chi connectivity index (χ3n) is 3.40. The van der Waals surface area contributed by atoms with Crippen LogP contribution in [-0.4, -0.2) is 29.2 Å². The summed E-state index contributed by atoms with van der Waals surface area (Å²) < 4.78 is 11.3. The maximum absolute atomic E-state index is 6.28. The van der Waals surface area contributed by atoms with Gasteiger partial charge in [-0.3, -0.25) is 9.97 Å². The lowest BCUT2D eigenvalue weighted by Gasteiger charge is -2.27. The maximum Gasteiger partial charge on any atom is 0.179 e. The van der Waals surface area contributed by atoms with Gasteiger partial charge < -0.3 is 15.2 Å². The van der Waals surface area contributed by atoms with Gasteiger partial charge in [0.05, 0.1) is 25.2 Å². The molecule has 0 aliphatic carbocycles. The van der Waals surface area contributed by atoms with E-state index in [2.05, 4.69) is 30.0 Å². The molecule has 1 atom stereocenters. The highest BCUT2D eigenvalue weighted by Gasteiger charge is 2.22. The first-order chi connectivity index (χ1) is 10.9. The molecule has 123 valence electrons. The van der Waals surface area contributed by atoms with Crippen molar-refractivity contribution in [1.29, 1.82) is 0 Å². The van der Waals surface area contributed by atoms with Crippen LogP contribution >= 0.6 is 0 Å². The standard InChI is InChI=1S/C18H24N3O2/c1-13(2)10-18(3,19)12-23-17-11-21-15(9-16(17)22-4)14-5-7-20-8-6-14/h5-7,9,11,13H,10,12,19H2,1-4H3. The summed E-state index contributed by atoms with van der Waals surface area (Å²) in [7, 11) is 1.61. The highest BCUT2D eigenvalue weighted by molar-refractivity contribution is 5.61. The minimum atomic E-state index is -0.391. The monoisotopic (exact) mass is 314 g/mol. The van der Waals surface area contributed by atoms with E-state index in [0.29, 0.717) is 24.0 Å². The van der Waals surface area contributed by atoms with Gasteiger partial charge in [0.25, 0.3) is 0 Å². The fourth-order valence-corrected chi connectivity index (χ4v) is 2.56. The van der Waals surface area contributed by atoms with Crippen molar-refractivity contribution >= 4 is 0 Å². The number of ether oxygens (including phenoxy) is 2. The highest BCUT2D eigenvalue weighted by Crippen LogP contribution is 2.31. The second kappa shape index (κ2) is 7.42. The van der Waals surface area contributed by atoms with E-state index in [-0.39, 0.29) is 0 Å². The molecule has 0 spiro atoms. The quantitative estimate of drug-likeness (QED) is 0.850. The molecule has 2 aromatic rings. The summed E-state index contributed by atoms with van der Waals surface area (Å²) in [6.07, 6.45) is 7.03. The van der Waals surface area contributed by atoms with Crippen LogP contribution in [0, 0.1) is 12.1 Å². The highest BCUT2D eigenvalue weighted by atomic mass is 16.5. The molecule has 2 N–H and O–H groups in total. The van der Waals surface area contributed by atoms with Crippen LogP contribution < -0.4 is 15.2 Å². The molecular weight excluding hydrogens is 290 g/mol. The van der Waals surface area contributed by atoms with Crippen LogP contribution in [0.4, 0.5) is 0 Å². The van der Waals surface area contributed by atoms with E-state index < -0.39 is 5.54 Å². The molecular formula is C18H24N3O2. The number of rotatable bonds is 7. The van der Waals surface area contributed by atoms with Crippen molar-refractivity contribution in [3.8, 4) is 22.8 Å². The number of methoxy groups -OCH3 is 1. The second-order valence-electron chi connectivity index (χ2n) is 6.43. The molecule has 0 saturated carbocycles. The summed E-state index contributed by atoms with van der Waals surface area (Å²) >= 11 is 0. The third kappa shape index (κ3) is 4.93. The Morgan fingerprint density at radius 2 is 2.13 bits per heavy atom. The Kier molecular flexibility index (Phi) is 5.55. The summed E-state index contributed by atoms with van der Waals surface area (Å²) in [6, 6.07) is 5.50. The number of nitrogens with zero attached hydrogens (tertiary/aromatic N) is 2. The van der Waals surface area contributed by atoms with Crippen LogP contribution in [0.3, 0.4) is 0 Å². The summed E-state index contributed by atoms with van der Waals surface area (Å²) in [5, 5.41) is 0. The van der Waals surface area contributed by atoms with Crippen molar-refractivity contribution in [3.05, 3.63) is 36.8 Å². The van der Waals surface area contributed by atoms with Crippen molar-refractivity contribution in [2.75, 3.05) is 13.7 Å². The van der Waals surface area contributed by atoms with E-state index in [0.717, 1.165) is 17.7 Å². The van der Waals surface area contributed by atoms with Gasteiger partial charge >= 0.3 is 0 Å². The molecule has 2 rings (SSSR count). The van der Waals surface area contributed by atoms with Gasteiger partial charge in [0.15, 0.2) is 11.5 Å². The minimum absolute atomic E-state index is 0.391. The van der Waals surface area contributed by atoms with E-state index in [1.165, 1.54) is 0 Å². The Balaban J connectivity index is 2.14. The average Bonchev–Trinajstić information content (AvgIpc) is 2.52. The summed E-state index contributed by atoms with van der Waals surface area (Å²) in [5.74, 6) is 1.74. The molecule has 0 aliphatic heterocycles. The largest absolute Gasteiger partial charge is 0.493 e. The lowest BCUT2D eigenvalue weighted by Crippen LogP contribution is -2.43. The number of hydrogen-bond acceptors (Lipinski definition) is 5. The lowest BCUT2D eigenvalue weighted by atomic mass is 9.93. The van der Waals surface area contributed by atoms with E-state index in [9.17, 15) is 0 Å². The molecule has 0 aromatic carbocycles. The molecule has 0 saturated heterocycles. The first-order valence-electron chi connectivity index (χ1n) is 7.69. The lowest BCUT2D eigenvalue weighted by molar-refractivity contribution is 0.200. The fraction of sp³-hybridized carbons (Fsp3) is 0.444. The maximum atomic E-state index is 6.28. The van der Waals surface area contributed by atoms with E-state index >= 15 is 0 Å². The summed E-state index contributed by atoms with van der Waals surface area (Å²) in [4.78, 5) is 8.31. The summed E-state index contributed by atoms with van der Waals surface area (Å²) in [5.41, 5.74) is 7.60. The van der Waals surface area contributed by atoms with Gasteiger partial charge in [0, 0.05) is 23.4 Å². The Morgan fingerprint density at radius 1 is 1.35 bits per heavy atom. The van der Waals surface area contributed by atoms with Crippen molar-refractivity contribution in [1.82, 2.24) is 9.97 Å². The SMILES string of the molecule is COc1cc(-c2c[c]ncc2)ncc1OCC(C)(N)CC(C)C. The van der Waals surface area contributed by atoms with Crippen LogP contribution in [0.15, 0.2) is 30.6 Å². The molecule has 5 nitrogen and oxygen atoms in total. The molecule has 0 aliphatic rings. The van der Waals surface area contributed by atoms with Gasteiger partial charge in [-0.2, -0.15) is 0 Å². The normalized spacial score (nSPS) is 13.7. The van der Waals surface area contributed by atoms with E-state index in [1.807, 2.05) is 19.1 Å². The van der Waals surface area contributed by atoms with Gasteiger partial charge in [-0.1, -0.05) is 13.8 Å². The molecule has 1 radical (unpaired) electrons. The van der Waals surface area contributed by atoms with Crippen LogP contribution in [0.1, 0.15) is 27.2 Å². The van der Waals surface area contributed by atoms with E-state index in [4.69, 9.17) is 15.2 Å². The zero-order valence-electron chi connectivity index (χ0n) is 14.2. The first-order valence-corrected chi connectivity index (χ1v) is 7.69. The number of pyridine rings is 2. The van der Waals surface area contributed by atoms with Gasteiger partial charge in [-0.05, 0) is 31.4 Å². The predicted molar refractivity (Wildman–Crippen MR) is 90.4 cm³/mol. The number of nitrogens with two attached hydrogens (primary N) is 1. The molecule has 0 amide bonds. The summed E-state index contributed by atoms with van der Waals surface area (Å²) in [6.45, 7) is 6.70. The Hall–Kier alpha value is -2.14. The Morgan fingerprint density at radius 3 is 2.74 bits per heavy atom. The molecule has 2 heterocycles. The van der Waals surface area contributed by atoms with Crippen LogP contribution in [0.2, 0.25) is 0 Å². The first kappa shape index (κ1) is 17.2. The smallest absolute Gasteiger partial charge is 0.179 e. The fourth-order valence-electron chi connectivity index (χ4n) is 2.56. The molecule has 0 fully saturated rings.